The van der Waals surface area contributed by atoms with Gasteiger partial charge in [-0.05, 0) is 63.8 Å². The van der Waals surface area contributed by atoms with Crippen LogP contribution < -0.4 is 0 Å². The average Bonchev–Trinajstić information content (AvgIpc) is 2.61. The maximum atomic E-state index is 2.40. The largest absolute Gasteiger partial charge is 0.0778 e. The van der Waals surface area contributed by atoms with Gasteiger partial charge in [0, 0.05) is 0 Å². The lowest BCUT2D eigenvalue weighted by Crippen LogP contribution is -2.10. The summed E-state index contributed by atoms with van der Waals surface area (Å²) in [7, 11) is 0. The second-order valence-corrected chi connectivity index (χ2v) is 8.54. The summed E-state index contributed by atoms with van der Waals surface area (Å²) in [6.45, 7) is 11.3. The Morgan fingerprint density at radius 1 is 0.885 bits per heavy atom. The van der Waals surface area contributed by atoms with Crippen molar-refractivity contribution in [3.8, 4) is 0 Å². The summed E-state index contributed by atoms with van der Waals surface area (Å²) < 4.78 is 0. The molecular weight excluding hydrogens is 312 g/mol. The highest BCUT2D eigenvalue weighted by atomic mass is 14.2. The molecule has 3 aromatic carbocycles. The van der Waals surface area contributed by atoms with E-state index in [2.05, 4.69) is 107 Å². The molecule has 0 spiro atoms. The summed E-state index contributed by atoms with van der Waals surface area (Å²) >= 11 is 0. The van der Waals surface area contributed by atoms with E-state index in [1.165, 1.54) is 33.0 Å². The predicted molar refractivity (Wildman–Crippen MR) is 116 cm³/mol. The summed E-state index contributed by atoms with van der Waals surface area (Å²) in [6, 6.07) is 24.4. The third kappa shape index (κ3) is 4.43. The van der Waals surface area contributed by atoms with E-state index < -0.39 is 0 Å². The molecule has 0 fully saturated rings. The Kier molecular flexibility index (Phi) is 5.32. The van der Waals surface area contributed by atoms with Crippen LogP contribution in [0.3, 0.4) is 0 Å². The molecule has 0 radical (unpaired) electrons. The quantitative estimate of drug-likeness (QED) is 0.463. The van der Waals surface area contributed by atoms with Crippen LogP contribution in [0.5, 0.6) is 0 Å². The van der Waals surface area contributed by atoms with E-state index in [-0.39, 0.29) is 5.41 Å². The molecule has 0 N–H and O–H groups in total. The lowest BCUT2D eigenvalue weighted by molar-refractivity contribution is 0.589. The summed E-state index contributed by atoms with van der Waals surface area (Å²) in [5, 5.41) is 2.61. The minimum Gasteiger partial charge on any atom is -0.0778 e. The zero-order valence-electron chi connectivity index (χ0n) is 16.7. The normalized spacial score (nSPS) is 13.8. The van der Waals surface area contributed by atoms with Gasteiger partial charge in [-0.1, -0.05) is 94.4 Å². The second-order valence-electron chi connectivity index (χ2n) is 8.54. The molecule has 0 aromatic heterocycles. The van der Waals surface area contributed by atoms with Gasteiger partial charge in [-0.3, -0.25) is 0 Å². The number of benzene rings is 3. The Balaban J connectivity index is 1.73. The first-order chi connectivity index (χ1) is 12.3. The van der Waals surface area contributed by atoms with Gasteiger partial charge in [-0.15, -0.1) is 0 Å². The van der Waals surface area contributed by atoms with E-state index in [4.69, 9.17) is 0 Å². The van der Waals surface area contributed by atoms with Gasteiger partial charge in [-0.25, -0.2) is 0 Å². The van der Waals surface area contributed by atoms with E-state index >= 15 is 0 Å². The Bertz CT molecular complexity index is 905. The molecule has 0 saturated carbocycles. The first-order valence-electron chi connectivity index (χ1n) is 9.60. The Morgan fingerprint density at radius 3 is 2.19 bits per heavy atom. The van der Waals surface area contributed by atoms with Crippen molar-refractivity contribution in [1.29, 1.82) is 0 Å². The molecule has 134 valence electrons. The van der Waals surface area contributed by atoms with Gasteiger partial charge in [-0.2, -0.15) is 0 Å². The molecule has 1 atom stereocenters. The smallest absolute Gasteiger partial charge is 0.0132 e. The van der Waals surface area contributed by atoms with Gasteiger partial charge in [0.1, 0.15) is 0 Å². The van der Waals surface area contributed by atoms with Gasteiger partial charge in [0.25, 0.3) is 0 Å². The fourth-order valence-corrected chi connectivity index (χ4v) is 3.53. The molecule has 0 aliphatic carbocycles. The first-order valence-corrected chi connectivity index (χ1v) is 9.60. The van der Waals surface area contributed by atoms with E-state index in [0.717, 1.165) is 6.42 Å². The minimum atomic E-state index is 0.219. The second kappa shape index (κ2) is 7.50. The molecule has 0 heterocycles. The molecule has 0 heteroatoms. The molecule has 0 saturated heterocycles. The van der Waals surface area contributed by atoms with E-state index in [9.17, 15) is 0 Å². The van der Waals surface area contributed by atoms with E-state index in [1.54, 1.807) is 0 Å². The number of hydrogen-bond acceptors (Lipinski definition) is 0. The van der Waals surface area contributed by atoms with Crippen molar-refractivity contribution in [3.05, 3.63) is 89.5 Å². The van der Waals surface area contributed by atoms with Gasteiger partial charge in [0.2, 0.25) is 0 Å². The highest BCUT2D eigenvalue weighted by molar-refractivity contribution is 5.86. The van der Waals surface area contributed by atoms with Crippen molar-refractivity contribution in [1.82, 2.24) is 0 Å². The minimum absolute atomic E-state index is 0.219. The lowest BCUT2D eigenvalue weighted by atomic mass is 9.86. The Labute approximate surface area is 158 Å². The van der Waals surface area contributed by atoms with Gasteiger partial charge in [0.05, 0.1) is 0 Å². The van der Waals surface area contributed by atoms with Crippen molar-refractivity contribution in [2.75, 3.05) is 0 Å². The Morgan fingerprint density at radius 2 is 1.54 bits per heavy atom. The maximum absolute atomic E-state index is 2.40. The SMILES string of the molecule is CC(=CC(C)Cc1ccc(C(C)(C)C)cc1)c1ccc2ccccc2c1. The highest BCUT2D eigenvalue weighted by Gasteiger charge is 2.13. The standard InChI is InChI=1S/C26H30/c1-19(17-21-10-14-25(15-11-21)26(3,4)5)16-20(2)23-13-12-22-8-6-7-9-24(22)18-23/h6-16,18-19H,17H2,1-5H3. The highest BCUT2D eigenvalue weighted by Crippen LogP contribution is 2.25. The topological polar surface area (TPSA) is 0 Å². The third-order valence-corrected chi connectivity index (χ3v) is 5.12. The lowest BCUT2D eigenvalue weighted by Gasteiger charge is -2.19. The zero-order chi connectivity index (χ0) is 18.7. The summed E-state index contributed by atoms with van der Waals surface area (Å²) in [4.78, 5) is 0. The molecule has 0 aliphatic heterocycles. The molecule has 1 unspecified atom stereocenters. The first kappa shape index (κ1) is 18.5. The monoisotopic (exact) mass is 342 g/mol. The maximum Gasteiger partial charge on any atom is -0.0132 e. The molecule has 0 aliphatic rings. The fourth-order valence-electron chi connectivity index (χ4n) is 3.53. The number of fused-ring (bicyclic) bond motifs is 1. The molecular formula is C26H30. The summed E-state index contributed by atoms with van der Waals surface area (Å²) in [6.07, 6.45) is 3.48. The van der Waals surface area contributed by atoms with Crippen LogP contribution in [0.1, 0.15) is 51.3 Å². The summed E-state index contributed by atoms with van der Waals surface area (Å²) in [5.41, 5.74) is 5.70. The van der Waals surface area contributed by atoms with Crippen molar-refractivity contribution < 1.29 is 0 Å². The molecule has 3 aromatic rings. The van der Waals surface area contributed by atoms with Crippen LogP contribution in [-0.4, -0.2) is 0 Å². The van der Waals surface area contributed by atoms with Crippen LogP contribution in [0.25, 0.3) is 16.3 Å². The van der Waals surface area contributed by atoms with Crippen LogP contribution in [0, 0.1) is 5.92 Å². The van der Waals surface area contributed by atoms with Crippen molar-refractivity contribution in [2.45, 2.75) is 46.5 Å². The van der Waals surface area contributed by atoms with Crippen LogP contribution in [0.4, 0.5) is 0 Å². The predicted octanol–water partition coefficient (Wildman–Crippen LogP) is 7.42. The van der Waals surface area contributed by atoms with Crippen LogP contribution >= 0.6 is 0 Å². The molecule has 3 rings (SSSR count). The van der Waals surface area contributed by atoms with E-state index in [0.29, 0.717) is 5.92 Å². The average molecular weight is 343 g/mol. The number of hydrogen-bond donors (Lipinski definition) is 0. The van der Waals surface area contributed by atoms with Gasteiger partial charge < -0.3 is 0 Å². The number of allylic oxidation sites excluding steroid dienone is 2. The van der Waals surface area contributed by atoms with E-state index in [1.807, 2.05) is 0 Å². The van der Waals surface area contributed by atoms with Crippen molar-refractivity contribution in [2.24, 2.45) is 5.92 Å². The Hall–Kier alpha value is -2.34. The fraction of sp³-hybridized carbons (Fsp3) is 0.308. The van der Waals surface area contributed by atoms with Gasteiger partial charge >= 0.3 is 0 Å². The molecule has 0 bridgehead atoms. The van der Waals surface area contributed by atoms with Crippen LogP contribution in [0.2, 0.25) is 0 Å². The van der Waals surface area contributed by atoms with Crippen LogP contribution in [0.15, 0.2) is 72.8 Å². The van der Waals surface area contributed by atoms with Gasteiger partial charge in [0.15, 0.2) is 0 Å². The third-order valence-electron chi connectivity index (χ3n) is 5.12. The molecule has 0 nitrogen and oxygen atoms in total. The number of rotatable bonds is 4. The molecule has 26 heavy (non-hydrogen) atoms. The van der Waals surface area contributed by atoms with Crippen LogP contribution in [-0.2, 0) is 11.8 Å². The summed E-state index contributed by atoms with van der Waals surface area (Å²) in [5.74, 6) is 0.516. The van der Waals surface area contributed by atoms with Crippen molar-refractivity contribution >= 4 is 16.3 Å². The molecule has 0 amide bonds. The van der Waals surface area contributed by atoms with Crippen molar-refractivity contribution in [3.63, 3.8) is 0 Å². The zero-order valence-corrected chi connectivity index (χ0v) is 16.7.